The van der Waals surface area contributed by atoms with E-state index in [9.17, 15) is 13.2 Å². The number of nitrogens with one attached hydrogen (secondary N) is 1. The first-order valence-electron chi connectivity index (χ1n) is 3.45. The third-order valence-electron chi connectivity index (χ3n) is 1.61. The Balaban J connectivity index is 0. The van der Waals surface area contributed by atoms with Gasteiger partial charge in [0, 0.05) is 14.0 Å². The van der Waals surface area contributed by atoms with Crippen molar-refractivity contribution >= 4 is 0 Å². The first-order valence-corrected chi connectivity index (χ1v) is 3.45. The topological polar surface area (TPSA) is 21.3 Å². The van der Waals surface area contributed by atoms with Gasteiger partial charge in [-0.2, -0.15) is 0 Å². The van der Waals surface area contributed by atoms with Crippen molar-refractivity contribution in [2.45, 2.75) is 39.3 Å². The van der Waals surface area contributed by atoms with Crippen molar-refractivity contribution in [1.29, 1.82) is 0 Å². The van der Waals surface area contributed by atoms with Crippen LogP contribution in [-0.4, -0.2) is 25.1 Å². The summed E-state index contributed by atoms with van der Waals surface area (Å²) < 4.78 is 38.6. The minimum atomic E-state index is -4.49. The summed E-state index contributed by atoms with van der Waals surface area (Å²) in [5.41, 5.74) is 0. The Morgan fingerprint density at radius 2 is 2.08 bits per heavy atom. The summed E-state index contributed by atoms with van der Waals surface area (Å²) in [7, 11) is 0. The normalized spacial score (nSPS) is 30.0. The fourth-order valence-corrected chi connectivity index (χ4v) is 1.17. The number of hydrogen-bond acceptors (Lipinski definition) is 2. The van der Waals surface area contributed by atoms with Crippen LogP contribution in [0.5, 0.6) is 0 Å². The second kappa shape index (κ2) is 4.09. The molecule has 2 nitrogen and oxygen atoms in total. The Kier molecular flexibility index (Phi) is 3.99. The lowest BCUT2D eigenvalue weighted by Crippen LogP contribution is -2.25. The minimum Gasteiger partial charge on any atom is -0.312 e. The van der Waals surface area contributed by atoms with Gasteiger partial charge in [-0.05, 0) is 13.3 Å². The van der Waals surface area contributed by atoms with E-state index >= 15 is 0 Å². The van der Waals surface area contributed by atoms with E-state index in [-0.39, 0.29) is 14.9 Å². The Morgan fingerprint density at radius 3 is 2.42 bits per heavy atom. The van der Waals surface area contributed by atoms with Crippen molar-refractivity contribution in [2.75, 3.05) is 6.54 Å². The van der Waals surface area contributed by atoms with Crippen LogP contribution >= 0.6 is 0 Å². The second-order valence-electron chi connectivity index (χ2n) is 2.73. The van der Waals surface area contributed by atoms with Crippen LogP contribution in [0.15, 0.2) is 0 Å². The van der Waals surface area contributed by atoms with E-state index < -0.39 is 12.5 Å². The van der Waals surface area contributed by atoms with Gasteiger partial charge in [0.05, 0.1) is 6.10 Å². The predicted molar refractivity (Wildman–Crippen MR) is 41.9 cm³/mol. The molecule has 0 aromatic rings. The van der Waals surface area contributed by atoms with Crippen LogP contribution < -0.4 is 5.32 Å². The monoisotopic (exact) mass is 187 g/mol. The molecule has 0 radical (unpaired) electrons. The molecule has 76 valence electrons. The largest absolute Gasteiger partial charge is 0.522 e. The quantitative estimate of drug-likeness (QED) is 0.679. The van der Waals surface area contributed by atoms with Crippen molar-refractivity contribution < 1.29 is 19.3 Å². The molecule has 0 unspecified atom stereocenters. The average Bonchev–Trinajstić information content (AvgIpc) is 2.10. The van der Waals surface area contributed by atoms with Gasteiger partial charge in [0.1, 0.15) is 0 Å². The molecule has 1 aliphatic rings. The van der Waals surface area contributed by atoms with Gasteiger partial charge in [-0.1, -0.05) is 7.43 Å². The second-order valence-corrected chi connectivity index (χ2v) is 2.73. The predicted octanol–water partition coefficient (Wildman–Crippen LogP) is 2.16. The molecule has 1 rings (SSSR count). The molecular formula is C7H16F3NO. The lowest BCUT2D eigenvalue weighted by atomic mass is 10.2. The van der Waals surface area contributed by atoms with E-state index in [1.807, 2.05) is 6.92 Å². The van der Waals surface area contributed by atoms with E-state index in [0.717, 1.165) is 0 Å². The van der Waals surface area contributed by atoms with Crippen LogP contribution in [0.2, 0.25) is 0 Å². The Labute approximate surface area is 71.6 Å². The number of rotatable bonds is 1. The highest BCUT2D eigenvalue weighted by Crippen LogP contribution is 2.22. The third kappa shape index (κ3) is 3.92. The zero-order valence-corrected chi connectivity index (χ0v) is 6.11. The summed E-state index contributed by atoms with van der Waals surface area (Å²) in [5.74, 6) is 0. The first-order chi connectivity index (χ1) is 4.97. The Morgan fingerprint density at radius 1 is 1.50 bits per heavy atom. The molecule has 0 amide bonds. The van der Waals surface area contributed by atoms with E-state index in [0.29, 0.717) is 13.0 Å². The maximum Gasteiger partial charge on any atom is 0.522 e. The first kappa shape index (κ1) is 11.7. The molecule has 0 spiro atoms. The average molecular weight is 187 g/mol. The molecular weight excluding hydrogens is 171 g/mol. The molecule has 2 atom stereocenters. The SMILES string of the molecule is C.C[C@H]1C[C@H](OC(F)(F)F)CN1.[HH]. The van der Waals surface area contributed by atoms with Crippen LogP contribution in [0.3, 0.4) is 0 Å². The zero-order valence-electron chi connectivity index (χ0n) is 6.11. The van der Waals surface area contributed by atoms with Gasteiger partial charge in [-0.3, -0.25) is 4.74 Å². The third-order valence-corrected chi connectivity index (χ3v) is 1.61. The molecule has 1 N–H and O–H groups in total. The summed E-state index contributed by atoms with van der Waals surface area (Å²) in [6.07, 6.45) is -4.76. The molecule has 0 aliphatic carbocycles. The molecule has 0 aromatic carbocycles. The highest BCUT2D eigenvalue weighted by atomic mass is 19.4. The maximum atomic E-state index is 11.6. The Hall–Kier alpha value is -0.290. The lowest BCUT2D eigenvalue weighted by Gasteiger charge is -2.12. The van der Waals surface area contributed by atoms with Crippen LogP contribution in [0.25, 0.3) is 0 Å². The van der Waals surface area contributed by atoms with Gasteiger partial charge in [0.2, 0.25) is 0 Å². The number of hydrogen-bond donors (Lipinski definition) is 1. The van der Waals surface area contributed by atoms with Gasteiger partial charge in [-0.15, -0.1) is 13.2 Å². The lowest BCUT2D eigenvalue weighted by molar-refractivity contribution is -0.340. The smallest absolute Gasteiger partial charge is 0.312 e. The highest BCUT2D eigenvalue weighted by molar-refractivity contribution is 4.78. The molecule has 1 aliphatic heterocycles. The van der Waals surface area contributed by atoms with E-state index in [2.05, 4.69) is 10.1 Å². The van der Waals surface area contributed by atoms with Crippen LogP contribution in [-0.2, 0) is 4.74 Å². The summed E-state index contributed by atoms with van der Waals surface area (Å²) in [6.45, 7) is 2.13. The van der Waals surface area contributed by atoms with Crippen LogP contribution in [0.1, 0.15) is 22.2 Å². The van der Waals surface area contributed by atoms with Crippen LogP contribution in [0, 0.1) is 0 Å². The van der Waals surface area contributed by atoms with E-state index in [4.69, 9.17) is 0 Å². The number of alkyl halides is 3. The number of ether oxygens (including phenoxy) is 1. The standard InChI is InChI=1S/C6H10F3NO.CH4.H2/c1-4-2-5(3-10-4)11-6(7,8)9;;/h4-5,10H,2-3H2,1H3;1H4;1H/t4-,5-;;/m0../s1. The van der Waals surface area contributed by atoms with Gasteiger partial charge in [0.25, 0.3) is 0 Å². The van der Waals surface area contributed by atoms with E-state index in [1.54, 1.807) is 0 Å². The van der Waals surface area contributed by atoms with Gasteiger partial charge in [-0.25, -0.2) is 0 Å². The fourth-order valence-electron chi connectivity index (χ4n) is 1.17. The molecule has 1 saturated heterocycles. The van der Waals surface area contributed by atoms with Gasteiger partial charge >= 0.3 is 6.36 Å². The summed E-state index contributed by atoms with van der Waals surface area (Å²) in [4.78, 5) is 0. The van der Waals surface area contributed by atoms with Gasteiger partial charge < -0.3 is 5.32 Å². The molecule has 1 fully saturated rings. The van der Waals surface area contributed by atoms with Crippen molar-refractivity contribution in [1.82, 2.24) is 5.32 Å². The summed E-state index contributed by atoms with van der Waals surface area (Å²) in [6, 6.07) is 0.127. The molecule has 1 heterocycles. The summed E-state index contributed by atoms with van der Waals surface area (Å²) in [5, 5.41) is 2.87. The van der Waals surface area contributed by atoms with Gasteiger partial charge in [0.15, 0.2) is 0 Å². The van der Waals surface area contributed by atoms with Crippen molar-refractivity contribution in [3.05, 3.63) is 0 Å². The van der Waals surface area contributed by atoms with Crippen molar-refractivity contribution in [2.24, 2.45) is 0 Å². The van der Waals surface area contributed by atoms with E-state index in [1.165, 1.54) is 0 Å². The number of halogens is 3. The maximum absolute atomic E-state index is 11.6. The van der Waals surface area contributed by atoms with Crippen LogP contribution in [0.4, 0.5) is 13.2 Å². The van der Waals surface area contributed by atoms with Crippen molar-refractivity contribution in [3.63, 3.8) is 0 Å². The molecule has 0 bridgehead atoms. The Bertz CT molecular complexity index is 142. The minimum absolute atomic E-state index is 0. The zero-order chi connectivity index (χ0) is 8.48. The molecule has 12 heavy (non-hydrogen) atoms. The molecule has 0 aromatic heterocycles. The van der Waals surface area contributed by atoms with Crippen molar-refractivity contribution in [3.8, 4) is 0 Å². The summed E-state index contributed by atoms with van der Waals surface area (Å²) >= 11 is 0. The molecule has 0 saturated carbocycles. The molecule has 5 heteroatoms. The highest BCUT2D eigenvalue weighted by Gasteiger charge is 2.35. The fraction of sp³-hybridized carbons (Fsp3) is 1.00.